The fraction of sp³-hybridized carbons (Fsp3) is 0.0769. The van der Waals surface area contributed by atoms with Crippen LogP contribution in [-0.4, -0.2) is 0 Å². The van der Waals surface area contributed by atoms with Crippen LogP contribution in [0.5, 0.6) is 0 Å². The van der Waals surface area contributed by atoms with Gasteiger partial charge in [0.15, 0.2) is 0 Å². The zero-order valence-corrected chi connectivity index (χ0v) is 9.13. The molecule has 0 spiro atoms. The fourth-order valence-electron chi connectivity index (χ4n) is 1.58. The van der Waals surface area contributed by atoms with Crippen LogP contribution in [0.2, 0.25) is 0 Å². The number of alkyl halides is 3. The summed E-state index contributed by atoms with van der Waals surface area (Å²) in [4.78, 5) is 0. The number of anilines is 1. The third-order valence-electron chi connectivity index (χ3n) is 2.52. The molecule has 0 aliphatic heterocycles. The molecule has 2 N–H and O–H groups in total. The summed E-state index contributed by atoms with van der Waals surface area (Å²) >= 11 is 0. The van der Waals surface area contributed by atoms with E-state index in [9.17, 15) is 17.6 Å². The Bertz CT molecular complexity index is 575. The van der Waals surface area contributed by atoms with Crippen molar-refractivity contribution in [2.24, 2.45) is 0 Å². The smallest absolute Gasteiger partial charge is 0.396 e. The minimum atomic E-state index is -4.41. The van der Waals surface area contributed by atoms with E-state index in [0.29, 0.717) is 11.1 Å². The van der Waals surface area contributed by atoms with E-state index in [1.165, 1.54) is 24.3 Å². The topological polar surface area (TPSA) is 26.0 Å². The summed E-state index contributed by atoms with van der Waals surface area (Å²) in [7, 11) is 0. The van der Waals surface area contributed by atoms with Crippen LogP contribution in [0, 0.1) is 5.82 Å². The summed E-state index contributed by atoms with van der Waals surface area (Å²) in [6.45, 7) is 0. The van der Waals surface area contributed by atoms with Crippen LogP contribution in [-0.2, 0) is 6.18 Å². The molecule has 18 heavy (non-hydrogen) atoms. The minimum Gasteiger partial charge on any atom is -0.396 e. The number of rotatable bonds is 1. The van der Waals surface area contributed by atoms with E-state index in [1.807, 2.05) is 0 Å². The summed E-state index contributed by atoms with van der Waals surface area (Å²) in [5.41, 5.74) is 5.16. The zero-order valence-electron chi connectivity index (χ0n) is 9.13. The molecule has 0 bridgehead atoms. The average Bonchev–Trinajstić information content (AvgIpc) is 2.32. The molecule has 0 amide bonds. The Morgan fingerprint density at radius 1 is 0.889 bits per heavy atom. The largest absolute Gasteiger partial charge is 0.416 e. The van der Waals surface area contributed by atoms with Crippen LogP contribution in [0.1, 0.15) is 5.56 Å². The van der Waals surface area contributed by atoms with E-state index >= 15 is 0 Å². The summed E-state index contributed by atoms with van der Waals surface area (Å²) < 4.78 is 50.9. The molecule has 94 valence electrons. The molecule has 0 saturated carbocycles. The molecule has 0 saturated heterocycles. The fourth-order valence-corrected chi connectivity index (χ4v) is 1.58. The zero-order chi connectivity index (χ0) is 13.3. The van der Waals surface area contributed by atoms with Crippen LogP contribution in [0.15, 0.2) is 42.5 Å². The minimum absolute atomic E-state index is 0.0364. The quantitative estimate of drug-likeness (QED) is 0.602. The van der Waals surface area contributed by atoms with E-state index in [1.54, 1.807) is 0 Å². The molecule has 1 nitrogen and oxygen atoms in total. The second kappa shape index (κ2) is 4.33. The molecule has 0 aliphatic carbocycles. The number of halogens is 4. The van der Waals surface area contributed by atoms with Gasteiger partial charge in [-0.1, -0.05) is 18.2 Å². The van der Waals surface area contributed by atoms with Gasteiger partial charge in [0, 0.05) is 0 Å². The predicted molar refractivity (Wildman–Crippen MR) is 61.3 cm³/mol. The van der Waals surface area contributed by atoms with Crippen LogP contribution in [0.3, 0.4) is 0 Å². The summed E-state index contributed by atoms with van der Waals surface area (Å²) in [6, 6.07) is 8.64. The number of hydrogen-bond acceptors (Lipinski definition) is 1. The van der Waals surface area contributed by atoms with Crippen molar-refractivity contribution in [3.8, 4) is 11.1 Å². The van der Waals surface area contributed by atoms with Crippen molar-refractivity contribution >= 4 is 5.69 Å². The molecule has 2 aromatic rings. The van der Waals surface area contributed by atoms with Gasteiger partial charge in [-0.3, -0.25) is 0 Å². The van der Waals surface area contributed by atoms with E-state index in [-0.39, 0.29) is 5.69 Å². The van der Waals surface area contributed by atoms with E-state index in [4.69, 9.17) is 5.73 Å². The maximum atomic E-state index is 13.3. The molecule has 0 heterocycles. The van der Waals surface area contributed by atoms with Gasteiger partial charge in [0.25, 0.3) is 0 Å². The van der Waals surface area contributed by atoms with Gasteiger partial charge >= 0.3 is 6.18 Å². The molecule has 0 aromatic heterocycles. The van der Waals surface area contributed by atoms with Gasteiger partial charge in [0.2, 0.25) is 0 Å². The molecule has 0 aliphatic rings. The molecule has 0 radical (unpaired) electrons. The second-order valence-electron chi connectivity index (χ2n) is 3.81. The lowest BCUT2D eigenvalue weighted by atomic mass is 10.0. The van der Waals surface area contributed by atoms with Crippen molar-refractivity contribution in [2.75, 3.05) is 5.73 Å². The number of benzene rings is 2. The van der Waals surface area contributed by atoms with Crippen LogP contribution in [0.25, 0.3) is 11.1 Å². The third-order valence-corrected chi connectivity index (χ3v) is 2.52. The van der Waals surface area contributed by atoms with Crippen LogP contribution >= 0.6 is 0 Å². The Morgan fingerprint density at radius 3 is 2.17 bits per heavy atom. The van der Waals surface area contributed by atoms with Crippen LogP contribution < -0.4 is 5.73 Å². The Hall–Kier alpha value is -2.04. The second-order valence-corrected chi connectivity index (χ2v) is 3.81. The van der Waals surface area contributed by atoms with Gasteiger partial charge in [-0.15, -0.1) is 0 Å². The summed E-state index contributed by atoms with van der Waals surface area (Å²) in [6.07, 6.45) is -4.41. The van der Waals surface area contributed by atoms with Gasteiger partial charge in [0.05, 0.1) is 11.3 Å². The van der Waals surface area contributed by atoms with Crippen LogP contribution in [0.4, 0.5) is 23.2 Å². The van der Waals surface area contributed by atoms with E-state index < -0.39 is 17.6 Å². The van der Waals surface area contributed by atoms with E-state index in [0.717, 1.165) is 18.2 Å². The highest BCUT2D eigenvalue weighted by atomic mass is 19.4. The van der Waals surface area contributed by atoms with Crippen molar-refractivity contribution in [3.05, 3.63) is 53.8 Å². The van der Waals surface area contributed by atoms with E-state index in [2.05, 4.69) is 0 Å². The molecule has 0 atom stereocenters. The van der Waals surface area contributed by atoms with Crippen molar-refractivity contribution in [2.45, 2.75) is 6.18 Å². The number of nitrogens with two attached hydrogens (primary N) is 1. The van der Waals surface area contributed by atoms with Gasteiger partial charge in [-0.2, -0.15) is 13.2 Å². The first-order valence-corrected chi connectivity index (χ1v) is 5.10. The first-order valence-electron chi connectivity index (χ1n) is 5.10. The van der Waals surface area contributed by atoms with Crippen molar-refractivity contribution in [1.82, 2.24) is 0 Å². The average molecular weight is 255 g/mol. The summed E-state index contributed by atoms with van der Waals surface area (Å²) in [5.74, 6) is -0.648. The Labute approximate surface area is 101 Å². The predicted octanol–water partition coefficient (Wildman–Crippen LogP) is 4.09. The molecular formula is C13H9F4N. The summed E-state index contributed by atoms with van der Waals surface area (Å²) in [5, 5.41) is 0. The highest BCUT2D eigenvalue weighted by Crippen LogP contribution is 2.32. The Kier molecular flexibility index (Phi) is 2.98. The molecule has 5 heteroatoms. The van der Waals surface area contributed by atoms with Crippen molar-refractivity contribution < 1.29 is 17.6 Å². The molecule has 2 aromatic carbocycles. The van der Waals surface area contributed by atoms with Gasteiger partial charge < -0.3 is 5.73 Å². The first-order chi connectivity index (χ1) is 8.38. The van der Waals surface area contributed by atoms with Crippen molar-refractivity contribution in [1.29, 1.82) is 0 Å². The molecule has 0 unspecified atom stereocenters. The van der Waals surface area contributed by atoms with Gasteiger partial charge in [0.1, 0.15) is 5.82 Å². The van der Waals surface area contributed by atoms with Gasteiger partial charge in [-0.05, 0) is 35.4 Å². The SMILES string of the molecule is Nc1ccc(-c2cccc(C(F)(F)F)c2)cc1F. The molecule has 2 rings (SSSR count). The highest BCUT2D eigenvalue weighted by Gasteiger charge is 2.30. The highest BCUT2D eigenvalue weighted by molar-refractivity contribution is 5.66. The Balaban J connectivity index is 2.48. The maximum Gasteiger partial charge on any atom is 0.416 e. The van der Waals surface area contributed by atoms with Gasteiger partial charge in [-0.25, -0.2) is 4.39 Å². The number of nitrogen functional groups attached to an aromatic ring is 1. The lowest BCUT2D eigenvalue weighted by Gasteiger charge is -2.09. The monoisotopic (exact) mass is 255 g/mol. The van der Waals surface area contributed by atoms with Crippen molar-refractivity contribution in [3.63, 3.8) is 0 Å². The Morgan fingerprint density at radius 2 is 1.56 bits per heavy atom. The third kappa shape index (κ3) is 2.45. The lowest BCUT2D eigenvalue weighted by Crippen LogP contribution is -2.04. The lowest BCUT2D eigenvalue weighted by molar-refractivity contribution is -0.137. The normalized spacial score (nSPS) is 11.6. The maximum absolute atomic E-state index is 13.3. The standard InChI is InChI=1S/C13H9F4N/c14-11-7-9(4-5-12(11)18)8-2-1-3-10(6-8)13(15,16)17/h1-7H,18H2. The molecular weight excluding hydrogens is 246 g/mol. The first kappa shape index (κ1) is 12.4. The molecule has 0 fully saturated rings. The number of hydrogen-bond donors (Lipinski definition) is 1.